The van der Waals surface area contributed by atoms with E-state index in [1.165, 1.54) is 0 Å². The number of thiophene rings is 1. The molecule has 0 unspecified atom stereocenters. The minimum Gasteiger partial charge on any atom is -0.333 e. The van der Waals surface area contributed by atoms with Crippen molar-refractivity contribution in [3.8, 4) is 10.6 Å². The number of pyridine rings is 1. The predicted molar refractivity (Wildman–Crippen MR) is 114 cm³/mol. The molecule has 1 amide bonds. The van der Waals surface area contributed by atoms with Gasteiger partial charge in [0.1, 0.15) is 0 Å². The zero-order valence-corrected chi connectivity index (χ0v) is 17.9. The fourth-order valence-corrected chi connectivity index (χ4v) is 4.15. The van der Waals surface area contributed by atoms with Gasteiger partial charge in [0.15, 0.2) is 5.65 Å². The first-order valence-corrected chi connectivity index (χ1v) is 9.34. The third-order valence-electron chi connectivity index (χ3n) is 4.73. The molecule has 1 fully saturated rings. The molecule has 0 aromatic carbocycles. The maximum Gasteiger partial charge on any atom is 0.255 e. The molecule has 0 spiro atoms. The average Bonchev–Trinajstić information content (AvgIpc) is 3.23. The summed E-state index contributed by atoms with van der Waals surface area (Å²) in [7, 11) is 1.88. The molecule has 146 valence electrons. The van der Waals surface area contributed by atoms with Crippen LogP contribution in [0.15, 0.2) is 23.6 Å². The molecule has 1 atom stereocenters. The van der Waals surface area contributed by atoms with Crippen molar-refractivity contribution in [3.05, 3.63) is 34.8 Å². The number of halogens is 2. The van der Waals surface area contributed by atoms with Crippen molar-refractivity contribution in [3.63, 3.8) is 0 Å². The first kappa shape index (κ1) is 21.6. The number of amides is 1. The first-order chi connectivity index (χ1) is 12.1. The lowest BCUT2D eigenvalue weighted by molar-refractivity contribution is 0.0657. The molecule has 27 heavy (non-hydrogen) atoms. The Balaban J connectivity index is 0.00000131. The molecule has 1 saturated heterocycles. The van der Waals surface area contributed by atoms with E-state index in [0.717, 1.165) is 46.9 Å². The minimum absolute atomic E-state index is 0. The standard InChI is InChI=1S/C18H21N5OS.2ClH/c1-11-10-19-6-7-23(11)18(24)13-9-14(15-5-4-8-25-15)20-17-16(13)12(2)21-22(17)3;;/h4-5,8-9,11,19H,6-7,10H2,1-3H3;2*1H/t11-;;/m1../s1. The highest BCUT2D eigenvalue weighted by atomic mass is 35.5. The second kappa shape index (κ2) is 8.56. The molecule has 4 rings (SSSR count). The smallest absolute Gasteiger partial charge is 0.255 e. The minimum atomic E-state index is 0. The second-order valence-electron chi connectivity index (χ2n) is 6.49. The Morgan fingerprint density at radius 1 is 1.37 bits per heavy atom. The quantitative estimate of drug-likeness (QED) is 0.681. The fraction of sp³-hybridized carbons (Fsp3) is 0.389. The molecular formula is C18H23Cl2N5OS. The van der Waals surface area contributed by atoms with Crippen LogP contribution in [0.1, 0.15) is 23.0 Å². The lowest BCUT2D eigenvalue weighted by Gasteiger charge is -2.34. The number of aromatic nitrogens is 3. The number of carbonyl (C=O) groups excluding carboxylic acids is 1. The molecule has 6 nitrogen and oxygen atoms in total. The van der Waals surface area contributed by atoms with Gasteiger partial charge in [0.2, 0.25) is 0 Å². The maximum absolute atomic E-state index is 13.3. The van der Waals surface area contributed by atoms with Gasteiger partial charge in [-0.15, -0.1) is 36.2 Å². The monoisotopic (exact) mass is 427 g/mol. The van der Waals surface area contributed by atoms with Crippen molar-refractivity contribution in [2.75, 3.05) is 19.6 Å². The van der Waals surface area contributed by atoms with Gasteiger partial charge in [0, 0.05) is 32.7 Å². The van der Waals surface area contributed by atoms with Gasteiger partial charge in [0.05, 0.1) is 27.2 Å². The van der Waals surface area contributed by atoms with E-state index in [4.69, 9.17) is 4.98 Å². The van der Waals surface area contributed by atoms with E-state index in [1.54, 1.807) is 16.0 Å². The number of nitrogens with zero attached hydrogens (tertiary/aromatic N) is 4. The van der Waals surface area contributed by atoms with Gasteiger partial charge in [-0.05, 0) is 31.4 Å². The largest absolute Gasteiger partial charge is 0.333 e. The molecule has 0 bridgehead atoms. The van der Waals surface area contributed by atoms with Crippen molar-refractivity contribution in [2.24, 2.45) is 7.05 Å². The Bertz CT molecular complexity index is 941. The van der Waals surface area contributed by atoms with E-state index in [0.29, 0.717) is 5.56 Å². The Morgan fingerprint density at radius 3 is 2.81 bits per heavy atom. The van der Waals surface area contributed by atoms with Crippen LogP contribution in [0.25, 0.3) is 21.6 Å². The number of rotatable bonds is 2. The van der Waals surface area contributed by atoms with E-state index in [1.807, 2.05) is 42.5 Å². The summed E-state index contributed by atoms with van der Waals surface area (Å²) >= 11 is 1.63. The van der Waals surface area contributed by atoms with Crippen LogP contribution in [0.5, 0.6) is 0 Å². The van der Waals surface area contributed by atoms with Crippen LogP contribution in [0.2, 0.25) is 0 Å². The van der Waals surface area contributed by atoms with Crippen LogP contribution in [0.4, 0.5) is 0 Å². The van der Waals surface area contributed by atoms with Gasteiger partial charge in [-0.2, -0.15) is 5.10 Å². The van der Waals surface area contributed by atoms with Crippen molar-refractivity contribution in [1.82, 2.24) is 25.0 Å². The summed E-state index contributed by atoms with van der Waals surface area (Å²) in [5, 5.41) is 10.7. The molecule has 0 aliphatic carbocycles. The molecule has 1 N–H and O–H groups in total. The maximum atomic E-state index is 13.3. The Labute approximate surface area is 174 Å². The SMILES string of the molecule is Cc1nn(C)c2nc(-c3cccs3)cc(C(=O)N3CCNC[C@H]3C)c12.Cl.Cl. The molecule has 0 saturated carbocycles. The number of hydrogen-bond donors (Lipinski definition) is 1. The molecule has 1 aliphatic heterocycles. The molecular weight excluding hydrogens is 405 g/mol. The molecule has 9 heteroatoms. The normalized spacial score (nSPS) is 16.7. The van der Waals surface area contributed by atoms with Crippen molar-refractivity contribution in [2.45, 2.75) is 19.9 Å². The van der Waals surface area contributed by atoms with Crippen LogP contribution in [-0.2, 0) is 7.05 Å². The van der Waals surface area contributed by atoms with E-state index in [-0.39, 0.29) is 36.8 Å². The van der Waals surface area contributed by atoms with Gasteiger partial charge in [-0.3, -0.25) is 9.48 Å². The Kier molecular flexibility index (Phi) is 6.86. The van der Waals surface area contributed by atoms with Gasteiger partial charge in [0.25, 0.3) is 5.91 Å². The highest BCUT2D eigenvalue weighted by Gasteiger charge is 2.27. The van der Waals surface area contributed by atoms with Gasteiger partial charge >= 0.3 is 0 Å². The summed E-state index contributed by atoms with van der Waals surface area (Å²) in [5.74, 6) is 0.0651. The number of aryl methyl sites for hydroxylation is 2. The van der Waals surface area contributed by atoms with Gasteiger partial charge in [-0.25, -0.2) is 4.98 Å². The Hall–Kier alpha value is -1.67. The highest BCUT2D eigenvalue weighted by Crippen LogP contribution is 2.30. The van der Waals surface area contributed by atoms with Crippen molar-refractivity contribution >= 4 is 53.1 Å². The third-order valence-corrected chi connectivity index (χ3v) is 5.63. The topological polar surface area (TPSA) is 63.1 Å². The zero-order chi connectivity index (χ0) is 17.6. The summed E-state index contributed by atoms with van der Waals surface area (Å²) in [4.78, 5) is 21.1. The summed E-state index contributed by atoms with van der Waals surface area (Å²) in [6.45, 7) is 6.39. The molecule has 3 aromatic heterocycles. The van der Waals surface area contributed by atoms with Crippen molar-refractivity contribution in [1.29, 1.82) is 0 Å². The van der Waals surface area contributed by atoms with Crippen molar-refractivity contribution < 1.29 is 4.79 Å². The number of piperazine rings is 1. The van der Waals surface area contributed by atoms with E-state index in [9.17, 15) is 4.79 Å². The van der Waals surface area contributed by atoms with E-state index < -0.39 is 0 Å². The van der Waals surface area contributed by atoms with Crippen LogP contribution in [0, 0.1) is 6.92 Å². The van der Waals surface area contributed by atoms with Crippen LogP contribution in [0.3, 0.4) is 0 Å². The number of nitrogens with one attached hydrogen (secondary N) is 1. The Morgan fingerprint density at radius 2 is 2.15 bits per heavy atom. The fourth-order valence-electron chi connectivity index (χ4n) is 3.46. The number of fused-ring (bicyclic) bond motifs is 1. The van der Waals surface area contributed by atoms with E-state index in [2.05, 4.69) is 17.3 Å². The lowest BCUT2D eigenvalue weighted by Crippen LogP contribution is -2.52. The summed E-state index contributed by atoms with van der Waals surface area (Å²) < 4.78 is 1.76. The summed E-state index contributed by atoms with van der Waals surface area (Å²) in [6, 6.07) is 6.14. The molecule has 4 heterocycles. The van der Waals surface area contributed by atoms with Crippen LogP contribution < -0.4 is 5.32 Å². The first-order valence-electron chi connectivity index (χ1n) is 8.46. The highest BCUT2D eigenvalue weighted by molar-refractivity contribution is 7.13. The zero-order valence-electron chi connectivity index (χ0n) is 15.4. The predicted octanol–water partition coefficient (Wildman–Crippen LogP) is 3.28. The second-order valence-corrected chi connectivity index (χ2v) is 7.44. The van der Waals surface area contributed by atoms with Gasteiger partial charge in [-0.1, -0.05) is 6.07 Å². The lowest BCUT2D eigenvalue weighted by atomic mass is 10.1. The molecule has 1 aliphatic rings. The van der Waals surface area contributed by atoms with Gasteiger partial charge < -0.3 is 10.2 Å². The third kappa shape index (κ3) is 3.82. The molecule has 3 aromatic rings. The number of hydrogen-bond acceptors (Lipinski definition) is 5. The van der Waals surface area contributed by atoms with Crippen LogP contribution >= 0.6 is 36.2 Å². The summed E-state index contributed by atoms with van der Waals surface area (Å²) in [5.41, 5.74) is 3.13. The average molecular weight is 428 g/mol. The van der Waals surface area contributed by atoms with Crippen LogP contribution in [-0.4, -0.2) is 51.2 Å². The molecule has 0 radical (unpaired) electrons. The number of carbonyl (C=O) groups is 1. The summed E-state index contributed by atoms with van der Waals surface area (Å²) in [6.07, 6.45) is 0. The van der Waals surface area contributed by atoms with E-state index >= 15 is 0 Å².